The van der Waals surface area contributed by atoms with Crippen LogP contribution >= 0.6 is 23.2 Å². The van der Waals surface area contributed by atoms with Gasteiger partial charge in [-0.3, -0.25) is 4.79 Å². The van der Waals surface area contributed by atoms with E-state index in [1.54, 1.807) is 19.1 Å². The number of nitrogens with one attached hydrogen (secondary N) is 1. The highest BCUT2D eigenvalue weighted by Gasteiger charge is 2.30. The van der Waals surface area contributed by atoms with E-state index in [0.29, 0.717) is 30.4 Å². The van der Waals surface area contributed by atoms with Gasteiger partial charge in [0, 0.05) is 23.7 Å². The fourth-order valence-electron chi connectivity index (χ4n) is 2.98. The number of nitrogens with zero attached hydrogens (tertiary/aromatic N) is 1. The molecule has 0 aromatic heterocycles. The molecule has 1 amide bonds. The summed E-state index contributed by atoms with van der Waals surface area (Å²) in [7, 11) is -3.75. The molecule has 150 valence electrons. The summed E-state index contributed by atoms with van der Waals surface area (Å²) in [6.07, 6.45) is 1.64. The smallest absolute Gasteiger partial charge is 0.255 e. The maximum atomic E-state index is 13.0. The Morgan fingerprint density at radius 3 is 2.50 bits per heavy atom. The minimum atomic E-state index is -3.75. The molecule has 6 nitrogen and oxygen atoms in total. The number of ether oxygens (including phenoxy) is 1. The van der Waals surface area contributed by atoms with E-state index in [0.717, 1.165) is 12.8 Å². The van der Waals surface area contributed by atoms with Gasteiger partial charge >= 0.3 is 0 Å². The van der Waals surface area contributed by atoms with E-state index in [1.807, 2.05) is 0 Å². The highest BCUT2D eigenvalue weighted by Crippen LogP contribution is 2.31. The van der Waals surface area contributed by atoms with Gasteiger partial charge in [0.2, 0.25) is 10.0 Å². The Balaban J connectivity index is 1.95. The van der Waals surface area contributed by atoms with Crippen molar-refractivity contribution in [1.82, 2.24) is 4.31 Å². The summed E-state index contributed by atoms with van der Waals surface area (Å²) in [6, 6.07) is 9.07. The minimum Gasteiger partial charge on any atom is -0.492 e. The topological polar surface area (TPSA) is 75.7 Å². The van der Waals surface area contributed by atoms with Crippen LogP contribution in [0.2, 0.25) is 10.0 Å². The number of halogens is 2. The largest absolute Gasteiger partial charge is 0.492 e. The molecule has 2 aromatic carbocycles. The molecule has 9 heteroatoms. The van der Waals surface area contributed by atoms with Gasteiger partial charge in [-0.05, 0) is 56.2 Å². The van der Waals surface area contributed by atoms with Gasteiger partial charge < -0.3 is 10.1 Å². The number of hydrogen-bond acceptors (Lipinski definition) is 4. The molecule has 0 spiro atoms. The second-order valence-electron chi connectivity index (χ2n) is 6.28. The van der Waals surface area contributed by atoms with Crippen LogP contribution in [0.3, 0.4) is 0 Å². The monoisotopic (exact) mass is 442 g/mol. The van der Waals surface area contributed by atoms with Crippen LogP contribution in [-0.4, -0.2) is 38.3 Å². The molecule has 1 aliphatic heterocycles. The molecule has 1 N–H and O–H groups in total. The van der Waals surface area contributed by atoms with Gasteiger partial charge in [0.05, 0.1) is 17.3 Å². The zero-order chi connectivity index (χ0) is 20.3. The van der Waals surface area contributed by atoms with Gasteiger partial charge in [-0.1, -0.05) is 23.2 Å². The zero-order valence-electron chi connectivity index (χ0n) is 15.2. The summed E-state index contributed by atoms with van der Waals surface area (Å²) in [4.78, 5) is 12.7. The van der Waals surface area contributed by atoms with Crippen molar-refractivity contribution in [2.75, 3.05) is 25.0 Å². The fraction of sp³-hybridized carbons (Fsp3) is 0.316. The summed E-state index contributed by atoms with van der Waals surface area (Å²) in [5.41, 5.74) is 0.571. The van der Waals surface area contributed by atoms with Crippen molar-refractivity contribution in [2.24, 2.45) is 0 Å². The summed E-state index contributed by atoms with van der Waals surface area (Å²) in [5, 5.41) is 3.41. The number of sulfonamides is 1. The Morgan fingerprint density at radius 1 is 1.14 bits per heavy atom. The van der Waals surface area contributed by atoms with Gasteiger partial charge in [0.15, 0.2) is 0 Å². The van der Waals surface area contributed by atoms with Crippen LogP contribution in [0.4, 0.5) is 5.69 Å². The van der Waals surface area contributed by atoms with E-state index in [1.165, 1.54) is 28.6 Å². The third-order valence-electron chi connectivity index (χ3n) is 4.37. The first-order valence-electron chi connectivity index (χ1n) is 8.86. The van der Waals surface area contributed by atoms with E-state index in [4.69, 9.17) is 27.9 Å². The summed E-state index contributed by atoms with van der Waals surface area (Å²) >= 11 is 12.0. The SMILES string of the molecule is CCOc1ccc(C(=O)Nc2ccc(Cl)cc2Cl)cc1S(=O)(=O)N1CCCC1. The van der Waals surface area contributed by atoms with Crippen molar-refractivity contribution in [3.63, 3.8) is 0 Å². The third kappa shape index (κ3) is 4.43. The van der Waals surface area contributed by atoms with Crippen LogP contribution < -0.4 is 10.1 Å². The summed E-state index contributed by atoms with van der Waals surface area (Å²) in [6.45, 7) is 3.01. The van der Waals surface area contributed by atoms with E-state index < -0.39 is 15.9 Å². The van der Waals surface area contributed by atoms with Crippen molar-refractivity contribution >= 4 is 44.8 Å². The number of carbonyl (C=O) groups excluding carboxylic acids is 1. The molecule has 0 atom stereocenters. The molecular weight excluding hydrogens is 423 g/mol. The first kappa shape index (κ1) is 20.9. The Bertz CT molecular complexity index is 989. The molecule has 3 rings (SSSR count). The number of carbonyl (C=O) groups is 1. The van der Waals surface area contributed by atoms with E-state index in [2.05, 4.69) is 5.32 Å². The Kier molecular flexibility index (Phi) is 6.50. The normalized spacial score (nSPS) is 14.8. The first-order chi connectivity index (χ1) is 13.3. The van der Waals surface area contributed by atoms with Crippen LogP contribution in [0, 0.1) is 0 Å². The lowest BCUT2D eigenvalue weighted by Crippen LogP contribution is -2.28. The lowest BCUT2D eigenvalue weighted by Gasteiger charge is -2.19. The van der Waals surface area contributed by atoms with Crippen molar-refractivity contribution in [3.8, 4) is 5.75 Å². The van der Waals surface area contributed by atoms with Gasteiger partial charge in [0.1, 0.15) is 10.6 Å². The van der Waals surface area contributed by atoms with E-state index in [-0.39, 0.29) is 21.2 Å². The molecule has 2 aromatic rings. The summed E-state index contributed by atoms with van der Waals surface area (Å²) < 4.78 is 33.0. The van der Waals surface area contributed by atoms with Crippen molar-refractivity contribution in [2.45, 2.75) is 24.7 Å². The number of rotatable bonds is 6. The molecule has 1 saturated heterocycles. The van der Waals surface area contributed by atoms with Crippen LogP contribution in [0.1, 0.15) is 30.1 Å². The number of amides is 1. The second-order valence-corrected chi connectivity index (χ2v) is 9.03. The van der Waals surface area contributed by atoms with Crippen LogP contribution in [0.15, 0.2) is 41.3 Å². The third-order valence-corrected chi connectivity index (χ3v) is 6.84. The maximum Gasteiger partial charge on any atom is 0.255 e. The lowest BCUT2D eigenvalue weighted by atomic mass is 10.2. The highest BCUT2D eigenvalue weighted by atomic mass is 35.5. The van der Waals surface area contributed by atoms with Gasteiger partial charge in [0.25, 0.3) is 5.91 Å². The Morgan fingerprint density at radius 2 is 1.86 bits per heavy atom. The second kappa shape index (κ2) is 8.69. The number of benzene rings is 2. The Hall–Kier alpha value is -1.80. The molecule has 28 heavy (non-hydrogen) atoms. The van der Waals surface area contributed by atoms with Gasteiger partial charge in [-0.2, -0.15) is 4.31 Å². The van der Waals surface area contributed by atoms with Gasteiger partial charge in [-0.15, -0.1) is 0 Å². The quantitative estimate of drug-likeness (QED) is 0.717. The van der Waals surface area contributed by atoms with E-state index >= 15 is 0 Å². The molecule has 0 unspecified atom stereocenters. The average molecular weight is 443 g/mol. The number of anilines is 1. The predicted octanol–water partition coefficient (Wildman–Crippen LogP) is 4.43. The zero-order valence-corrected chi connectivity index (χ0v) is 17.6. The van der Waals surface area contributed by atoms with Gasteiger partial charge in [-0.25, -0.2) is 8.42 Å². The predicted molar refractivity (Wildman–Crippen MR) is 110 cm³/mol. The van der Waals surface area contributed by atoms with Crippen molar-refractivity contribution < 1.29 is 17.9 Å². The minimum absolute atomic E-state index is 0.00824. The average Bonchev–Trinajstić information content (AvgIpc) is 3.20. The summed E-state index contributed by atoms with van der Waals surface area (Å²) in [5.74, 6) is -0.249. The molecule has 1 aliphatic rings. The van der Waals surface area contributed by atoms with Crippen molar-refractivity contribution in [3.05, 3.63) is 52.0 Å². The fourth-order valence-corrected chi connectivity index (χ4v) is 5.11. The lowest BCUT2D eigenvalue weighted by molar-refractivity contribution is 0.102. The van der Waals surface area contributed by atoms with Crippen LogP contribution in [0.25, 0.3) is 0 Å². The standard InChI is InChI=1S/C19H20Cl2N2O4S/c1-2-27-17-8-5-13(11-18(17)28(25,26)23-9-3-4-10-23)19(24)22-16-7-6-14(20)12-15(16)21/h5-8,11-12H,2-4,9-10H2,1H3,(H,22,24). The van der Waals surface area contributed by atoms with Crippen molar-refractivity contribution in [1.29, 1.82) is 0 Å². The molecular formula is C19H20Cl2N2O4S. The molecule has 0 saturated carbocycles. The molecule has 0 radical (unpaired) electrons. The Labute approximate surface area is 174 Å². The molecule has 0 aliphatic carbocycles. The van der Waals surface area contributed by atoms with Crippen LogP contribution in [0.5, 0.6) is 5.75 Å². The van der Waals surface area contributed by atoms with Crippen LogP contribution in [-0.2, 0) is 10.0 Å². The molecule has 1 heterocycles. The first-order valence-corrected chi connectivity index (χ1v) is 11.1. The molecule has 1 fully saturated rings. The van der Waals surface area contributed by atoms with E-state index in [9.17, 15) is 13.2 Å². The molecule has 0 bridgehead atoms. The highest BCUT2D eigenvalue weighted by molar-refractivity contribution is 7.89. The maximum absolute atomic E-state index is 13.0. The number of hydrogen-bond donors (Lipinski definition) is 1.